The largest absolute Gasteiger partial charge is 0.339 e. The molecule has 0 saturated carbocycles. The fourth-order valence-electron chi connectivity index (χ4n) is 3.50. The maximum Gasteiger partial charge on any atom is 0.264 e. The summed E-state index contributed by atoms with van der Waals surface area (Å²) in [5.41, 5.74) is 2.04. The van der Waals surface area contributed by atoms with Crippen LogP contribution in [0.5, 0.6) is 0 Å². The molecule has 6 nitrogen and oxygen atoms in total. The lowest BCUT2D eigenvalue weighted by molar-refractivity contribution is 0.0942. The Balaban J connectivity index is 1.68. The summed E-state index contributed by atoms with van der Waals surface area (Å²) in [5, 5.41) is 3.10. The summed E-state index contributed by atoms with van der Waals surface area (Å²) in [6, 6.07) is 27.1. The van der Waals surface area contributed by atoms with E-state index in [1.54, 1.807) is 42.6 Å². The lowest BCUT2D eigenvalue weighted by atomic mass is 10.0. The number of carbonyl (C=O) groups excluding carboxylic acids is 1. The van der Waals surface area contributed by atoms with Crippen LogP contribution in [0.25, 0.3) is 0 Å². The lowest BCUT2D eigenvalue weighted by Gasteiger charge is -2.21. The second-order valence-corrected chi connectivity index (χ2v) is 9.90. The number of rotatable bonds is 7. The molecule has 0 aliphatic heterocycles. The highest BCUT2D eigenvalue weighted by Crippen LogP contribution is 2.27. The molecule has 3 aromatic carbocycles. The molecule has 0 spiro atoms. The molecule has 4 aromatic rings. The van der Waals surface area contributed by atoms with Gasteiger partial charge in [-0.3, -0.25) is 14.1 Å². The molecule has 1 atom stereocenters. The quantitative estimate of drug-likeness (QED) is 0.391. The number of sulfonamides is 1. The van der Waals surface area contributed by atoms with Crippen LogP contribution in [0.15, 0.2) is 108 Å². The molecule has 1 aromatic heterocycles. The van der Waals surface area contributed by atoms with E-state index in [0.29, 0.717) is 11.4 Å². The Kier molecular flexibility index (Phi) is 6.95. The van der Waals surface area contributed by atoms with Crippen molar-refractivity contribution in [1.82, 2.24) is 10.3 Å². The Bertz CT molecular complexity index is 1340. The van der Waals surface area contributed by atoms with Crippen molar-refractivity contribution in [2.75, 3.05) is 11.4 Å². The van der Waals surface area contributed by atoms with Gasteiger partial charge in [-0.25, -0.2) is 8.42 Å². The van der Waals surface area contributed by atoms with Crippen molar-refractivity contribution in [2.45, 2.75) is 10.9 Å². The molecule has 0 aliphatic rings. The maximum atomic E-state index is 13.3. The normalized spacial score (nSPS) is 12.1. The predicted molar refractivity (Wildman–Crippen MR) is 133 cm³/mol. The Morgan fingerprint density at radius 3 is 2.21 bits per heavy atom. The summed E-state index contributed by atoms with van der Waals surface area (Å²) in [4.78, 5) is 17.7. The third kappa shape index (κ3) is 4.95. The average Bonchev–Trinajstić information content (AvgIpc) is 2.88. The van der Waals surface area contributed by atoms with Crippen LogP contribution in [0, 0.1) is 0 Å². The monoisotopic (exact) mass is 491 g/mol. The summed E-state index contributed by atoms with van der Waals surface area (Å²) in [5.74, 6) is -0.510. The molecule has 34 heavy (non-hydrogen) atoms. The first-order chi connectivity index (χ1) is 16.4. The maximum absolute atomic E-state index is 13.3. The topological polar surface area (TPSA) is 79.4 Å². The van der Waals surface area contributed by atoms with E-state index in [1.807, 2.05) is 42.5 Å². The molecule has 0 aliphatic carbocycles. The van der Waals surface area contributed by atoms with Gasteiger partial charge in [0.15, 0.2) is 0 Å². The SMILES string of the molecule is CN(c1ccccc1)S(=O)(=O)c1ccc(Cl)c(C(=O)NC(c2ccccc2)c2ccccn2)c1. The van der Waals surface area contributed by atoms with E-state index < -0.39 is 22.0 Å². The molecule has 0 fully saturated rings. The Hall–Kier alpha value is -3.68. The average molecular weight is 492 g/mol. The number of para-hydroxylation sites is 1. The van der Waals surface area contributed by atoms with Gasteiger partial charge in [-0.05, 0) is 48.0 Å². The zero-order valence-corrected chi connectivity index (χ0v) is 19.9. The number of hydrogen-bond acceptors (Lipinski definition) is 4. The summed E-state index contributed by atoms with van der Waals surface area (Å²) in [7, 11) is -2.45. The first-order valence-corrected chi connectivity index (χ1v) is 12.3. The lowest BCUT2D eigenvalue weighted by Crippen LogP contribution is -2.31. The highest BCUT2D eigenvalue weighted by atomic mass is 35.5. The van der Waals surface area contributed by atoms with Crippen molar-refractivity contribution >= 4 is 33.2 Å². The number of amides is 1. The summed E-state index contributed by atoms with van der Waals surface area (Å²) >= 11 is 6.33. The zero-order chi connectivity index (χ0) is 24.1. The minimum absolute atomic E-state index is 0.0394. The van der Waals surface area contributed by atoms with Crippen LogP contribution < -0.4 is 9.62 Å². The van der Waals surface area contributed by atoms with Crippen molar-refractivity contribution in [2.24, 2.45) is 0 Å². The number of pyridine rings is 1. The summed E-state index contributed by atoms with van der Waals surface area (Å²) in [6.45, 7) is 0. The van der Waals surface area contributed by atoms with Gasteiger partial charge in [0.2, 0.25) is 0 Å². The molecule has 4 rings (SSSR count). The number of carbonyl (C=O) groups is 1. The highest BCUT2D eigenvalue weighted by molar-refractivity contribution is 7.92. The molecule has 1 N–H and O–H groups in total. The minimum Gasteiger partial charge on any atom is -0.339 e. The van der Waals surface area contributed by atoms with Gasteiger partial charge < -0.3 is 5.32 Å². The number of halogens is 1. The highest BCUT2D eigenvalue weighted by Gasteiger charge is 2.25. The fraction of sp³-hybridized carbons (Fsp3) is 0.0769. The van der Waals surface area contributed by atoms with Crippen molar-refractivity contribution in [3.8, 4) is 0 Å². The van der Waals surface area contributed by atoms with Crippen molar-refractivity contribution < 1.29 is 13.2 Å². The number of hydrogen-bond donors (Lipinski definition) is 1. The number of anilines is 1. The van der Waals surface area contributed by atoms with Crippen molar-refractivity contribution in [3.63, 3.8) is 0 Å². The molecule has 0 saturated heterocycles. The van der Waals surface area contributed by atoms with E-state index in [0.717, 1.165) is 5.56 Å². The minimum atomic E-state index is -3.92. The zero-order valence-electron chi connectivity index (χ0n) is 18.3. The molecule has 0 radical (unpaired) electrons. The molecule has 8 heteroatoms. The summed E-state index contributed by atoms with van der Waals surface area (Å²) in [6.07, 6.45) is 1.65. The smallest absolute Gasteiger partial charge is 0.264 e. The third-order valence-electron chi connectivity index (χ3n) is 5.35. The second kappa shape index (κ2) is 10.1. The number of nitrogens with one attached hydrogen (secondary N) is 1. The molecule has 0 bridgehead atoms. The van der Waals surface area contributed by atoms with Crippen LogP contribution in [0.3, 0.4) is 0 Å². The first kappa shape index (κ1) is 23.5. The van der Waals surface area contributed by atoms with Crippen LogP contribution in [-0.2, 0) is 10.0 Å². The van der Waals surface area contributed by atoms with Gasteiger partial charge in [-0.15, -0.1) is 0 Å². The van der Waals surface area contributed by atoms with Crippen LogP contribution in [0.1, 0.15) is 27.7 Å². The first-order valence-electron chi connectivity index (χ1n) is 10.5. The molecule has 172 valence electrons. The van der Waals surface area contributed by atoms with Crippen LogP contribution in [0.2, 0.25) is 5.02 Å². The Morgan fingerprint density at radius 1 is 0.912 bits per heavy atom. The van der Waals surface area contributed by atoms with E-state index in [2.05, 4.69) is 10.3 Å². The van der Waals surface area contributed by atoms with E-state index in [4.69, 9.17) is 11.6 Å². The van der Waals surface area contributed by atoms with Gasteiger partial charge in [-0.1, -0.05) is 66.2 Å². The Labute approximate surface area is 203 Å². The van der Waals surface area contributed by atoms with Gasteiger partial charge in [0.05, 0.1) is 32.9 Å². The number of benzene rings is 3. The van der Waals surface area contributed by atoms with Crippen molar-refractivity contribution in [1.29, 1.82) is 0 Å². The van der Waals surface area contributed by atoms with E-state index >= 15 is 0 Å². The van der Waals surface area contributed by atoms with Crippen molar-refractivity contribution in [3.05, 3.63) is 125 Å². The molecule has 1 heterocycles. The van der Waals surface area contributed by atoms with Gasteiger partial charge >= 0.3 is 0 Å². The summed E-state index contributed by atoms with van der Waals surface area (Å²) < 4.78 is 27.6. The third-order valence-corrected chi connectivity index (χ3v) is 7.46. The van der Waals surface area contributed by atoms with Crippen LogP contribution in [-0.4, -0.2) is 26.4 Å². The second-order valence-electron chi connectivity index (χ2n) is 7.52. The molecule has 1 unspecified atom stereocenters. The Morgan fingerprint density at radius 2 is 1.56 bits per heavy atom. The number of aromatic nitrogens is 1. The van der Waals surface area contributed by atoms with E-state index in [1.165, 1.54) is 29.6 Å². The van der Waals surface area contributed by atoms with Crippen LogP contribution in [0.4, 0.5) is 5.69 Å². The standard InChI is InChI=1S/C26H22ClN3O3S/c1-30(20-12-6-3-7-13-20)34(32,33)21-15-16-23(27)22(18-21)26(31)29-25(19-10-4-2-5-11-19)24-14-8-9-17-28-24/h2-18,25H,1H3,(H,29,31). The fourth-order valence-corrected chi connectivity index (χ4v) is 4.93. The van der Waals surface area contributed by atoms with Gasteiger partial charge in [-0.2, -0.15) is 0 Å². The molecular weight excluding hydrogens is 470 g/mol. The molecule has 1 amide bonds. The van der Waals surface area contributed by atoms with Gasteiger partial charge in [0, 0.05) is 13.2 Å². The molecular formula is C26H22ClN3O3S. The van der Waals surface area contributed by atoms with E-state index in [9.17, 15) is 13.2 Å². The predicted octanol–water partition coefficient (Wildman–Crippen LogP) is 5.08. The van der Waals surface area contributed by atoms with Gasteiger partial charge in [0.25, 0.3) is 15.9 Å². The van der Waals surface area contributed by atoms with Crippen LogP contribution >= 0.6 is 11.6 Å². The van der Waals surface area contributed by atoms with Gasteiger partial charge in [0.1, 0.15) is 0 Å². The van der Waals surface area contributed by atoms with E-state index in [-0.39, 0.29) is 15.5 Å². The number of nitrogens with zero attached hydrogens (tertiary/aromatic N) is 2.